The second kappa shape index (κ2) is 7.58. The minimum absolute atomic E-state index is 0.0204. The monoisotopic (exact) mass is 393 g/mol. The van der Waals surface area contributed by atoms with Crippen molar-refractivity contribution in [1.29, 1.82) is 0 Å². The topological polar surface area (TPSA) is 79.0 Å². The molecular formula is C22H23N3O4. The van der Waals surface area contributed by atoms with Crippen molar-refractivity contribution in [3.05, 3.63) is 48.0 Å². The van der Waals surface area contributed by atoms with Gasteiger partial charge in [-0.05, 0) is 61.4 Å². The Morgan fingerprint density at radius 2 is 1.93 bits per heavy atom. The van der Waals surface area contributed by atoms with Crippen molar-refractivity contribution in [1.82, 2.24) is 0 Å². The molecule has 7 nitrogen and oxygen atoms in total. The van der Waals surface area contributed by atoms with Crippen molar-refractivity contribution in [2.45, 2.75) is 32.7 Å². The van der Waals surface area contributed by atoms with E-state index in [0.29, 0.717) is 24.6 Å². The molecule has 150 valence electrons. The number of hydrogen-bond donors (Lipinski definition) is 1. The van der Waals surface area contributed by atoms with E-state index in [0.717, 1.165) is 23.4 Å². The molecule has 2 heterocycles. The molecule has 1 saturated heterocycles. The van der Waals surface area contributed by atoms with Crippen LogP contribution in [0, 0.1) is 0 Å². The van der Waals surface area contributed by atoms with Gasteiger partial charge in [0.25, 0.3) is 5.91 Å². The molecule has 0 bridgehead atoms. The van der Waals surface area contributed by atoms with Crippen molar-refractivity contribution >= 4 is 34.8 Å². The van der Waals surface area contributed by atoms with Gasteiger partial charge in [0.15, 0.2) is 0 Å². The van der Waals surface area contributed by atoms with Gasteiger partial charge in [-0.2, -0.15) is 0 Å². The van der Waals surface area contributed by atoms with Crippen LogP contribution in [0.15, 0.2) is 42.5 Å². The summed E-state index contributed by atoms with van der Waals surface area (Å²) in [7, 11) is 0. The maximum absolute atomic E-state index is 12.9. The lowest BCUT2D eigenvalue weighted by Crippen LogP contribution is -2.34. The standard InChI is InChI=1S/C22H23N3O4/c1-3-29-18-7-5-17(6-8-18)25-21(27)13-19(22(25)28)23-16-4-9-20-15(12-16)10-11-24(20)14(2)26/h4-9,12,19,23H,3,10-11,13H2,1-2H3. The number of carbonyl (C=O) groups excluding carboxylic acids is 3. The molecule has 4 rings (SSSR count). The van der Waals surface area contributed by atoms with Crippen LogP contribution in [0.1, 0.15) is 25.8 Å². The number of nitrogens with one attached hydrogen (secondary N) is 1. The van der Waals surface area contributed by atoms with Crippen LogP contribution in [-0.4, -0.2) is 36.9 Å². The van der Waals surface area contributed by atoms with Gasteiger partial charge in [-0.25, -0.2) is 4.90 Å². The van der Waals surface area contributed by atoms with Gasteiger partial charge in [0.05, 0.1) is 18.7 Å². The molecule has 2 aromatic carbocycles. The second-order valence-corrected chi connectivity index (χ2v) is 7.16. The third-order valence-corrected chi connectivity index (χ3v) is 5.25. The first-order valence-corrected chi connectivity index (χ1v) is 9.75. The number of imide groups is 1. The van der Waals surface area contributed by atoms with E-state index in [4.69, 9.17) is 4.74 Å². The number of ether oxygens (including phenoxy) is 1. The lowest BCUT2D eigenvalue weighted by molar-refractivity contribution is -0.121. The number of fused-ring (bicyclic) bond motifs is 1. The maximum atomic E-state index is 12.9. The summed E-state index contributed by atoms with van der Waals surface area (Å²) in [6.07, 6.45) is 0.878. The highest BCUT2D eigenvalue weighted by Crippen LogP contribution is 2.32. The zero-order valence-corrected chi connectivity index (χ0v) is 16.5. The molecule has 0 saturated carbocycles. The third-order valence-electron chi connectivity index (χ3n) is 5.25. The first-order valence-electron chi connectivity index (χ1n) is 9.75. The lowest BCUT2D eigenvalue weighted by atomic mass is 10.1. The highest BCUT2D eigenvalue weighted by Gasteiger charge is 2.39. The Bertz CT molecular complexity index is 971. The second-order valence-electron chi connectivity index (χ2n) is 7.16. The first kappa shape index (κ1) is 19.0. The predicted octanol–water partition coefficient (Wildman–Crippen LogP) is 2.74. The first-order chi connectivity index (χ1) is 14.0. The Labute approximate surface area is 169 Å². The molecule has 1 N–H and O–H groups in total. The molecule has 1 fully saturated rings. The van der Waals surface area contributed by atoms with Crippen molar-refractivity contribution in [2.24, 2.45) is 0 Å². The van der Waals surface area contributed by atoms with E-state index in [-0.39, 0.29) is 24.1 Å². The molecule has 2 aliphatic heterocycles. The van der Waals surface area contributed by atoms with Crippen LogP contribution >= 0.6 is 0 Å². The highest BCUT2D eigenvalue weighted by atomic mass is 16.5. The van der Waals surface area contributed by atoms with E-state index in [9.17, 15) is 14.4 Å². The van der Waals surface area contributed by atoms with Gasteiger partial charge in [0.2, 0.25) is 11.8 Å². The average molecular weight is 393 g/mol. The minimum Gasteiger partial charge on any atom is -0.494 e. The molecule has 2 aromatic rings. The van der Waals surface area contributed by atoms with Gasteiger partial charge in [0.1, 0.15) is 11.8 Å². The summed E-state index contributed by atoms with van der Waals surface area (Å²) in [5, 5.41) is 3.19. The SMILES string of the molecule is CCOc1ccc(N2C(=O)CC(Nc3ccc4c(c3)CCN4C(C)=O)C2=O)cc1. The summed E-state index contributed by atoms with van der Waals surface area (Å²) in [4.78, 5) is 40.0. The number of amides is 3. The maximum Gasteiger partial charge on any atom is 0.256 e. The fraction of sp³-hybridized carbons (Fsp3) is 0.318. The Morgan fingerprint density at radius 3 is 2.62 bits per heavy atom. The Morgan fingerprint density at radius 1 is 1.17 bits per heavy atom. The minimum atomic E-state index is -0.613. The van der Waals surface area contributed by atoms with E-state index in [2.05, 4.69) is 5.32 Å². The van der Waals surface area contributed by atoms with Crippen LogP contribution in [0.2, 0.25) is 0 Å². The van der Waals surface area contributed by atoms with Crippen LogP contribution in [-0.2, 0) is 20.8 Å². The van der Waals surface area contributed by atoms with Crippen LogP contribution in [0.5, 0.6) is 5.75 Å². The molecule has 1 unspecified atom stereocenters. The van der Waals surface area contributed by atoms with Gasteiger partial charge < -0.3 is 15.0 Å². The van der Waals surface area contributed by atoms with E-state index < -0.39 is 6.04 Å². The van der Waals surface area contributed by atoms with Crippen LogP contribution in [0.25, 0.3) is 0 Å². The van der Waals surface area contributed by atoms with Crippen molar-refractivity contribution < 1.29 is 19.1 Å². The summed E-state index contributed by atoms with van der Waals surface area (Å²) in [5.74, 6) is 0.209. The van der Waals surface area contributed by atoms with Crippen molar-refractivity contribution in [3.8, 4) is 5.75 Å². The quantitative estimate of drug-likeness (QED) is 0.791. The largest absolute Gasteiger partial charge is 0.494 e. The fourth-order valence-electron chi connectivity index (χ4n) is 3.89. The third kappa shape index (κ3) is 3.55. The summed E-state index contributed by atoms with van der Waals surface area (Å²) >= 11 is 0. The summed E-state index contributed by atoms with van der Waals surface area (Å²) in [6, 6.07) is 12.0. The fourth-order valence-corrected chi connectivity index (χ4v) is 3.89. The Hall–Kier alpha value is -3.35. The molecular weight excluding hydrogens is 370 g/mol. The molecule has 29 heavy (non-hydrogen) atoms. The molecule has 0 spiro atoms. The van der Waals surface area contributed by atoms with Gasteiger partial charge in [-0.3, -0.25) is 14.4 Å². The number of hydrogen-bond acceptors (Lipinski definition) is 5. The zero-order chi connectivity index (χ0) is 20.5. The molecule has 7 heteroatoms. The van der Waals surface area contributed by atoms with Crippen LogP contribution < -0.4 is 19.9 Å². The lowest BCUT2D eigenvalue weighted by Gasteiger charge is -2.18. The average Bonchev–Trinajstić information content (AvgIpc) is 3.24. The van der Waals surface area contributed by atoms with Gasteiger partial charge in [0, 0.05) is 24.8 Å². The number of anilines is 3. The molecule has 0 aliphatic carbocycles. The van der Waals surface area contributed by atoms with Gasteiger partial charge in [-0.1, -0.05) is 0 Å². The normalized spacial score (nSPS) is 18.2. The van der Waals surface area contributed by atoms with Gasteiger partial charge >= 0.3 is 0 Å². The van der Waals surface area contributed by atoms with Gasteiger partial charge in [-0.15, -0.1) is 0 Å². The molecule has 2 aliphatic rings. The molecule has 0 radical (unpaired) electrons. The summed E-state index contributed by atoms with van der Waals surface area (Å²) in [6.45, 7) is 4.67. The smallest absolute Gasteiger partial charge is 0.256 e. The molecule has 0 aromatic heterocycles. The van der Waals surface area contributed by atoms with Crippen LogP contribution in [0.3, 0.4) is 0 Å². The van der Waals surface area contributed by atoms with Crippen molar-refractivity contribution in [2.75, 3.05) is 28.3 Å². The van der Waals surface area contributed by atoms with Crippen molar-refractivity contribution in [3.63, 3.8) is 0 Å². The molecule has 1 atom stereocenters. The highest BCUT2D eigenvalue weighted by molar-refractivity contribution is 6.23. The van der Waals surface area contributed by atoms with E-state index in [1.165, 1.54) is 4.90 Å². The number of carbonyl (C=O) groups is 3. The summed E-state index contributed by atoms with van der Waals surface area (Å²) < 4.78 is 5.41. The Kier molecular flexibility index (Phi) is 4.96. The number of rotatable bonds is 5. The predicted molar refractivity (Wildman–Crippen MR) is 110 cm³/mol. The zero-order valence-electron chi connectivity index (χ0n) is 16.5. The molecule has 3 amide bonds. The van der Waals surface area contributed by atoms with E-state index >= 15 is 0 Å². The van der Waals surface area contributed by atoms with E-state index in [1.54, 1.807) is 36.1 Å². The number of benzene rings is 2. The number of nitrogens with zero attached hydrogens (tertiary/aromatic N) is 2. The summed E-state index contributed by atoms with van der Waals surface area (Å²) in [5.41, 5.74) is 3.28. The Balaban J connectivity index is 1.49. The van der Waals surface area contributed by atoms with E-state index in [1.807, 2.05) is 25.1 Å². The van der Waals surface area contributed by atoms with Crippen LogP contribution in [0.4, 0.5) is 17.1 Å².